The summed E-state index contributed by atoms with van der Waals surface area (Å²) in [4.78, 5) is 0. The van der Waals surface area contributed by atoms with E-state index in [1.54, 1.807) is 0 Å². The van der Waals surface area contributed by atoms with Crippen molar-refractivity contribution in [2.75, 3.05) is 0 Å². The van der Waals surface area contributed by atoms with Crippen LogP contribution in [0.4, 0.5) is 13.2 Å². The summed E-state index contributed by atoms with van der Waals surface area (Å²) < 4.78 is 37.9. The van der Waals surface area contributed by atoms with Crippen molar-refractivity contribution in [3.8, 4) is 6.07 Å². The minimum atomic E-state index is -3.59. The number of hydrogen-bond donors (Lipinski definition) is 0. The molecule has 0 bridgehead atoms. The van der Waals surface area contributed by atoms with Gasteiger partial charge in [-0.3, -0.25) is 0 Å². The fourth-order valence-corrected chi connectivity index (χ4v) is 1.40. The second-order valence-electron chi connectivity index (χ2n) is 2.31. The van der Waals surface area contributed by atoms with Crippen LogP contribution in [0.1, 0.15) is 5.56 Å². The first-order valence-electron chi connectivity index (χ1n) is 3.22. The maximum Gasteiger partial charge on any atom is 0.358 e. The summed E-state index contributed by atoms with van der Waals surface area (Å²) in [6, 6.07) is 3.48. The standard InChI is InChI=1S/C8H3BrF3N/c9-7-3-5(10)1-2-6(7)8(11,12)4-13/h1-3H. The molecule has 1 aromatic rings. The summed E-state index contributed by atoms with van der Waals surface area (Å²) in [5.74, 6) is -4.23. The average Bonchev–Trinajstić information content (AvgIpc) is 2.03. The van der Waals surface area contributed by atoms with Gasteiger partial charge >= 0.3 is 5.92 Å². The van der Waals surface area contributed by atoms with E-state index in [0.717, 1.165) is 24.3 Å². The van der Waals surface area contributed by atoms with E-state index < -0.39 is 17.3 Å². The van der Waals surface area contributed by atoms with E-state index in [4.69, 9.17) is 5.26 Å². The van der Waals surface area contributed by atoms with Gasteiger partial charge in [-0.1, -0.05) is 15.9 Å². The van der Waals surface area contributed by atoms with Gasteiger partial charge in [0.25, 0.3) is 0 Å². The Balaban J connectivity index is 3.26. The van der Waals surface area contributed by atoms with E-state index in [1.807, 2.05) is 0 Å². The number of halogens is 4. The van der Waals surface area contributed by atoms with Gasteiger partial charge in [0.1, 0.15) is 11.9 Å². The molecule has 0 aliphatic carbocycles. The van der Waals surface area contributed by atoms with Gasteiger partial charge in [-0.05, 0) is 18.2 Å². The highest BCUT2D eigenvalue weighted by Crippen LogP contribution is 2.33. The lowest BCUT2D eigenvalue weighted by atomic mass is 10.1. The van der Waals surface area contributed by atoms with Crippen LogP contribution in [0.3, 0.4) is 0 Å². The van der Waals surface area contributed by atoms with Crippen LogP contribution in [-0.4, -0.2) is 0 Å². The van der Waals surface area contributed by atoms with Gasteiger partial charge in [0, 0.05) is 4.47 Å². The molecule has 68 valence electrons. The summed E-state index contributed by atoms with van der Waals surface area (Å²) in [7, 11) is 0. The summed E-state index contributed by atoms with van der Waals surface area (Å²) in [5, 5.41) is 8.13. The molecule has 1 rings (SSSR count). The van der Waals surface area contributed by atoms with E-state index >= 15 is 0 Å². The Morgan fingerprint density at radius 3 is 2.46 bits per heavy atom. The van der Waals surface area contributed by atoms with Gasteiger partial charge in [0.05, 0.1) is 5.56 Å². The third-order valence-electron chi connectivity index (χ3n) is 1.41. The lowest BCUT2D eigenvalue weighted by Gasteiger charge is -2.09. The number of benzene rings is 1. The van der Waals surface area contributed by atoms with Gasteiger partial charge in [0.2, 0.25) is 0 Å². The molecule has 0 amide bonds. The van der Waals surface area contributed by atoms with Crippen molar-refractivity contribution in [1.82, 2.24) is 0 Å². The Morgan fingerprint density at radius 1 is 1.38 bits per heavy atom. The first-order chi connectivity index (χ1) is 5.97. The van der Waals surface area contributed by atoms with Crippen molar-refractivity contribution in [2.45, 2.75) is 5.92 Å². The first-order valence-corrected chi connectivity index (χ1v) is 4.01. The van der Waals surface area contributed by atoms with Crippen LogP contribution in [0.15, 0.2) is 22.7 Å². The third-order valence-corrected chi connectivity index (χ3v) is 2.07. The predicted molar refractivity (Wildman–Crippen MR) is 43.6 cm³/mol. The largest absolute Gasteiger partial charge is 0.358 e. The van der Waals surface area contributed by atoms with Crippen molar-refractivity contribution < 1.29 is 13.2 Å². The fourth-order valence-electron chi connectivity index (χ4n) is 0.804. The number of hydrogen-bond acceptors (Lipinski definition) is 1. The first kappa shape index (κ1) is 10.1. The number of nitrogens with zero attached hydrogens (tertiary/aromatic N) is 1. The zero-order chi connectivity index (χ0) is 10.1. The lowest BCUT2D eigenvalue weighted by Crippen LogP contribution is -2.10. The predicted octanol–water partition coefficient (Wildman–Crippen LogP) is 3.20. The monoisotopic (exact) mass is 249 g/mol. The van der Waals surface area contributed by atoms with Gasteiger partial charge in [-0.15, -0.1) is 0 Å². The Hall–Kier alpha value is -1.02. The summed E-state index contributed by atoms with van der Waals surface area (Å²) in [5.41, 5.74) is -0.531. The molecule has 13 heavy (non-hydrogen) atoms. The minimum Gasteiger partial charge on any atom is -0.207 e. The third kappa shape index (κ3) is 2.01. The van der Waals surface area contributed by atoms with Crippen molar-refractivity contribution in [1.29, 1.82) is 5.26 Å². The molecule has 0 heterocycles. The molecule has 1 nitrogen and oxygen atoms in total. The highest BCUT2D eigenvalue weighted by molar-refractivity contribution is 9.10. The maximum absolute atomic E-state index is 12.8. The zero-order valence-corrected chi connectivity index (χ0v) is 7.78. The molecule has 0 N–H and O–H groups in total. The summed E-state index contributed by atoms with van der Waals surface area (Å²) in [6.07, 6.45) is 0. The van der Waals surface area contributed by atoms with Crippen LogP contribution in [0.2, 0.25) is 0 Å². The van der Waals surface area contributed by atoms with Crippen molar-refractivity contribution >= 4 is 15.9 Å². The molecule has 0 saturated heterocycles. The average molecular weight is 250 g/mol. The quantitative estimate of drug-likeness (QED) is 0.750. The second-order valence-corrected chi connectivity index (χ2v) is 3.16. The molecule has 0 fully saturated rings. The summed E-state index contributed by atoms with van der Waals surface area (Å²) >= 11 is 2.75. The molecule has 0 spiro atoms. The number of alkyl halides is 2. The van der Waals surface area contributed by atoms with E-state index in [1.165, 1.54) is 0 Å². The smallest absolute Gasteiger partial charge is 0.207 e. The molecule has 0 saturated carbocycles. The van der Waals surface area contributed by atoms with Crippen LogP contribution in [0.5, 0.6) is 0 Å². The Morgan fingerprint density at radius 2 is 2.00 bits per heavy atom. The summed E-state index contributed by atoms with van der Waals surface area (Å²) in [6.45, 7) is 0. The highest BCUT2D eigenvalue weighted by Gasteiger charge is 2.33. The molecule has 0 radical (unpaired) electrons. The van der Waals surface area contributed by atoms with Gasteiger partial charge in [-0.2, -0.15) is 14.0 Å². The Kier molecular flexibility index (Phi) is 2.62. The molecule has 0 aliphatic heterocycles. The van der Waals surface area contributed by atoms with Gasteiger partial charge in [-0.25, -0.2) is 4.39 Å². The van der Waals surface area contributed by atoms with Crippen molar-refractivity contribution in [3.63, 3.8) is 0 Å². The van der Waals surface area contributed by atoms with E-state index in [0.29, 0.717) is 0 Å². The van der Waals surface area contributed by atoms with Crippen molar-refractivity contribution in [2.24, 2.45) is 0 Å². The van der Waals surface area contributed by atoms with Crippen LogP contribution in [-0.2, 0) is 5.92 Å². The topological polar surface area (TPSA) is 23.8 Å². The maximum atomic E-state index is 12.8. The number of nitriles is 1. The highest BCUT2D eigenvalue weighted by atomic mass is 79.9. The molecule has 0 aromatic heterocycles. The number of rotatable bonds is 1. The normalized spacial score (nSPS) is 11.0. The Bertz CT molecular complexity index is 370. The molecule has 0 aliphatic rings. The van der Waals surface area contributed by atoms with E-state index in [-0.39, 0.29) is 4.47 Å². The molecule has 1 aromatic carbocycles. The van der Waals surface area contributed by atoms with E-state index in [9.17, 15) is 13.2 Å². The SMILES string of the molecule is N#CC(F)(F)c1ccc(F)cc1Br. The van der Waals surface area contributed by atoms with Gasteiger partial charge < -0.3 is 0 Å². The minimum absolute atomic E-state index is 0.112. The van der Waals surface area contributed by atoms with Crippen LogP contribution in [0, 0.1) is 17.1 Å². The molecule has 5 heteroatoms. The van der Waals surface area contributed by atoms with Crippen LogP contribution < -0.4 is 0 Å². The molecular formula is C8H3BrF3N. The fraction of sp³-hybridized carbons (Fsp3) is 0.125. The van der Waals surface area contributed by atoms with Crippen LogP contribution in [0.25, 0.3) is 0 Å². The van der Waals surface area contributed by atoms with E-state index in [2.05, 4.69) is 15.9 Å². The molecule has 0 unspecified atom stereocenters. The van der Waals surface area contributed by atoms with Gasteiger partial charge in [0.15, 0.2) is 0 Å². The zero-order valence-electron chi connectivity index (χ0n) is 6.19. The van der Waals surface area contributed by atoms with Crippen LogP contribution >= 0.6 is 15.9 Å². The molecule has 0 atom stereocenters. The second kappa shape index (κ2) is 3.38. The van der Waals surface area contributed by atoms with Crippen molar-refractivity contribution in [3.05, 3.63) is 34.1 Å². The molecular weight excluding hydrogens is 247 g/mol. The lowest BCUT2D eigenvalue weighted by molar-refractivity contribution is 0.0604. The Labute approximate surface area is 80.9 Å².